The lowest BCUT2D eigenvalue weighted by atomic mass is 10.1. The molecule has 0 unspecified atom stereocenters. The van der Waals surface area contributed by atoms with Gasteiger partial charge in [-0.3, -0.25) is 5.43 Å². The minimum Gasteiger partial charge on any atom is -0.361 e. The monoisotopic (exact) mass is 278 g/mol. The smallest absolute Gasteiger partial charge is 0.181 e. The Morgan fingerprint density at radius 2 is 1.84 bits per heavy atom. The average molecular weight is 278 g/mol. The molecule has 0 saturated carbocycles. The van der Waals surface area contributed by atoms with E-state index < -0.39 is 0 Å². The van der Waals surface area contributed by atoms with E-state index in [2.05, 4.69) is 52.0 Å². The van der Waals surface area contributed by atoms with Crippen LogP contribution in [0.5, 0.6) is 0 Å². The summed E-state index contributed by atoms with van der Waals surface area (Å²) in [5.41, 5.74) is 4.58. The van der Waals surface area contributed by atoms with E-state index in [0.717, 1.165) is 44.3 Å². The van der Waals surface area contributed by atoms with Crippen molar-refractivity contribution >= 4 is 17.3 Å². The van der Waals surface area contributed by atoms with E-state index >= 15 is 0 Å². The Morgan fingerprint density at radius 3 is 2.53 bits per heavy atom. The van der Waals surface area contributed by atoms with Gasteiger partial charge in [-0.05, 0) is 31.2 Å². The fraction of sp³-hybridized carbons (Fsp3) is 0.500. The summed E-state index contributed by atoms with van der Waals surface area (Å²) in [6, 6.07) is 10.4. The van der Waals surface area contributed by atoms with Crippen molar-refractivity contribution < 1.29 is 0 Å². The Morgan fingerprint density at radius 1 is 1.16 bits per heavy atom. The number of hydrogen-bond acceptors (Lipinski definition) is 3. The number of likely N-dealkylation sites (N-methyl/N-ethyl adjacent to an activating group) is 1. The quantitative estimate of drug-likeness (QED) is 0.798. The van der Waals surface area contributed by atoms with Gasteiger partial charge in [0.1, 0.15) is 0 Å². The molecule has 4 nitrogen and oxygen atoms in total. The predicted octanol–water partition coefficient (Wildman–Crippen LogP) is 0.856. The van der Waals surface area contributed by atoms with Crippen LogP contribution in [0.2, 0.25) is 0 Å². The van der Waals surface area contributed by atoms with Crippen LogP contribution in [0.1, 0.15) is 5.56 Å². The average Bonchev–Trinajstić information content (AvgIpc) is 2.43. The number of thiocarbonyl (C=S) groups is 1. The van der Waals surface area contributed by atoms with Gasteiger partial charge in [0.05, 0.1) is 0 Å². The molecular formula is C14H22N4S. The van der Waals surface area contributed by atoms with Crippen molar-refractivity contribution in [2.45, 2.75) is 6.42 Å². The topological polar surface area (TPSA) is 30.5 Å². The minimum absolute atomic E-state index is 0.723. The Bertz CT molecular complexity index is 388. The summed E-state index contributed by atoms with van der Waals surface area (Å²) in [6.45, 7) is 5.05. The maximum absolute atomic E-state index is 5.30. The fourth-order valence-electron chi connectivity index (χ4n) is 2.07. The van der Waals surface area contributed by atoms with E-state index in [1.54, 1.807) is 0 Å². The lowest BCUT2D eigenvalue weighted by Crippen LogP contribution is -2.54. The van der Waals surface area contributed by atoms with Gasteiger partial charge >= 0.3 is 0 Å². The number of hydrogen-bond donors (Lipinski definition) is 2. The first-order valence-corrected chi connectivity index (χ1v) is 7.17. The van der Waals surface area contributed by atoms with Gasteiger partial charge in [-0.1, -0.05) is 30.3 Å². The van der Waals surface area contributed by atoms with Crippen LogP contribution in [0, 0.1) is 0 Å². The lowest BCUT2D eigenvalue weighted by molar-refractivity contribution is 0.130. The molecule has 0 aromatic heterocycles. The van der Waals surface area contributed by atoms with Crippen LogP contribution in [0.3, 0.4) is 0 Å². The van der Waals surface area contributed by atoms with Crippen molar-refractivity contribution in [1.29, 1.82) is 0 Å². The molecule has 0 aliphatic carbocycles. The third-order valence-electron chi connectivity index (χ3n) is 3.30. The SMILES string of the molecule is CN1CCN(NC(=S)NCCc2ccccc2)CC1. The van der Waals surface area contributed by atoms with Crippen molar-refractivity contribution in [2.24, 2.45) is 0 Å². The highest BCUT2D eigenvalue weighted by Gasteiger charge is 2.13. The van der Waals surface area contributed by atoms with Crippen LogP contribution in [0.4, 0.5) is 0 Å². The number of nitrogens with zero attached hydrogens (tertiary/aromatic N) is 2. The van der Waals surface area contributed by atoms with Gasteiger partial charge in [-0.15, -0.1) is 0 Å². The lowest BCUT2D eigenvalue weighted by Gasteiger charge is -2.33. The molecule has 0 bridgehead atoms. The van der Waals surface area contributed by atoms with Gasteiger partial charge in [0.25, 0.3) is 0 Å². The standard InChI is InChI=1S/C14H22N4S/c1-17-9-11-18(12-10-17)16-14(19)15-8-7-13-5-3-2-4-6-13/h2-6H,7-12H2,1H3,(H2,15,16,19). The number of rotatable bonds is 4. The third-order valence-corrected chi connectivity index (χ3v) is 3.54. The first-order chi connectivity index (χ1) is 9.24. The highest BCUT2D eigenvalue weighted by Crippen LogP contribution is 1.98. The normalized spacial score (nSPS) is 17.1. The van der Waals surface area contributed by atoms with Crippen LogP contribution >= 0.6 is 12.2 Å². The molecule has 1 saturated heterocycles. The Hall–Kier alpha value is -1.17. The van der Waals surface area contributed by atoms with Gasteiger partial charge in [-0.25, -0.2) is 5.01 Å². The molecule has 104 valence electrons. The Labute approximate surface area is 120 Å². The molecule has 1 aromatic carbocycles. The Balaban J connectivity index is 1.62. The van der Waals surface area contributed by atoms with Gasteiger partial charge in [0.15, 0.2) is 5.11 Å². The van der Waals surface area contributed by atoms with Gasteiger partial charge in [0, 0.05) is 32.7 Å². The first kappa shape index (κ1) is 14.2. The van der Waals surface area contributed by atoms with Crippen molar-refractivity contribution in [3.63, 3.8) is 0 Å². The van der Waals surface area contributed by atoms with Crippen molar-refractivity contribution in [1.82, 2.24) is 20.7 Å². The molecule has 1 aliphatic heterocycles. The molecule has 0 radical (unpaired) electrons. The second kappa shape index (κ2) is 7.43. The number of hydrazine groups is 1. The maximum Gasteiger partial charge on any atom is 0.181 e. The zero-order valence-corrected chi connectivity index (χ0v) is 12.2. The Kier molecular flexibility index (Phi) is 5.57. The van der Waals surface area contributed by atoms with Crippen LogP contribution in [-0.2, 0) is 6.42 Å². The zero-order chi connectivity index (χ0) is 13.5. The predicted molar refractivity (Wildman–Crippen MR) is 83.0 cm³/mol. The van der Waals surface area contributed by atoms with Gasteiger partial charge in [-0.2, -0.15) is 0 Å². The molecule has 0 amide bonds. The van der Waals surface area contributed by atoms with Crippen LogP contribution in [0.15, 0.2) is 30.3 Å². The van der Waals surface area contributed by atoms with E-state index in [0.29, 0.717) is 0 Å². The van der Waals surface area contributed by atoms with E-state index in [4.69, 9.17) is 12.2 Å². The summed E-state index contributed by atoms with van der Waals surface area (Å²) in [6.07, 6.45) is 0.991. The molecule has 1 heterocycles. The number of piperazine rings is 1. The van der Waals surface area contributed by atoms with E-state index in [1.807, 2.05) is 6.07 Å². The third kappa shape index (κ3) is 5.14. The van der Waals surface area contributed by atoms with Crippen LogP contribution in [-0.4, -0.2) is 54.8 Å². The molecule has 2 N–H and O–H groups in total. The van der Waals surface area contributed by atoms with E-state index in [1.165, 1.54) is 5.56 Å². The second-order valence-corrected chi connectivity index (χ2v) is 5.30. The van der Waals surface area contributed by atoms with E-state index in [9.17, 15) is 0 Å². The largest absolute Gasteiger partial charge is 0.361 e. The highest BCUT2D eigenvalue weighted by atomic mass is 32.1. The van der Waals surface area contributed by atoms with Crippen LogP contribution in [0.25, 0.3) is 0 Å². The summed E-state index contributed by atoms with van der Waals surface area (Å²) >= 11 is 5.30. The summed E-state index contributed by atoms with van der Waals surface area (Å²) in [4.78, 5) is 2.32. The summed E-state index contributed by atoms with van der Waals surface area (Å²) in [5, 5.41) is 6.16. The molecule has 19 heavy (non-hydrogen) atoms. The molecule has 5 heteroatoms. The second-order valence-electron chi connectivity index (χ2n) is 4.89. The summed E-state index contributed by atoms with van der Waals surface area (Å²) in [7, 11) is 2.15. The van der Waals surface area contributed by atoms with Gasteiger partial charge < -0.3 is 10.2 Å². The highest BCUT2D eigenvalue weighted by molar-refractivity contribution is 7.80. The fourth-order valence-corrected chi connectivity index (χ4v) is 2.30. The summed E-state index contributed by atoms with van der Waals surface area (Å²) < 4.78 is 0. The number of benzene rings is 1. The van der Waals surface area contributed by atoms with Gasteiger partial charge in [0.2, 0.25) is 0 Å². The molecule has 1 aromatic rings. The van der Waals surface area contributed by atoms with Crippen molar-refractivity contribution in [2.75, 3.05) is 39.8 Å². The van der Waals surface area contributed by atoms with Crippen molar-refractivity contribution in [3.05, 3.63) is 35.9 Å². The molecule has 0 atom stereocenters. The van der Waals surface area contributed by atoms with Crippen molar-refractivity contribution in [3.8, 4) is 0 Å². The minimum atomic E-state index is 0.723. The first-order valence-electron chi connectivity index (χ1n) is 6.76. The van der Waals surface area contributed by atoms with Crippen LogP contribution < -0.4 is 10.7 Å². The maximum atomic E-state index is 5.30. The molecule has 0 spiro atoms. The molecular weight excluding hydrogens is 256 g/mol. The number of nitrogens with one attached hydrogen (secondary N) is 2. The molecule has 1 aliphatic rings. The molecule has 2 rings (SSSR count). The summed E-state index contributed by atoms with van der Waals surface area (Å²) in [5.74, 6) is 0. The molecule has 1 fully saturated rings. The zero-order valence-electron chi connectivity index (χ0n) is 11.4. The van der Waals surface area contributed by atoms with E-state index in [-0.39, 0.29) is 0 Å².